The molecule has 0 saturated heterocycles. The first-order valence-electron chi connectivity index (χ1n) is 4.08. The van der Waals surface area contributed by atoms with Gasteiger partial charge < -0.3 is 5.32 Å². The van der Waals surface area contributed by atoms with E-state index >= 15 is 0 Å². The largest absolute Gasteiger partial charge is 0.379 e. The van der Waals surface area contributed by atoms with E-state index in [9.17, 15) is 8.78 Å². The summed E-state index contributed by atoms with van der Waals surface area (Å²) in [5.41, 5.74) is 0.213. The number of halogens is 3. The van der Waals surface area contributed by atoms with E-state index in [1.165, 1.54) is 0 Å². The second-order valence-electron chi connectivity index (χ2n) is 3.16. The highest BCUT2D eigenvalue weighted by Gasteiger charge is 2.23. The van der Waals surface area contributed by atoms with Crippen LogP contribution in [0.15, 0.2) is 12.1 Å². The van der Waals surface area contributed by atoms with Gasteiger partial charge in [-0.2, -0.15) is 0 Å². The van der Waals surface area contributed by atoms with Gasteiger partial charge in [0.2, 0.25) is 0 Å². The molecule has 1 aromatic rings. The molecule has 13 heavy (non-hydrogen) atoms. The molecule has 0 aliphatic heterocycles. The summed E-state index contributed by atoms with van der Waals surface area (Å²) in [4.78, 5) is 0. The Balaban J connectivity index is 2.31. The summed E-state index contributed by atoms with van der Waals surface area (Å²) in [5, 5.41) is 3.01. The van der Waals surface area contributed by atoms with Crippen LogP contribution in [-0.2, 0) is 0 Å². The molecule has 4 heteroatoms. The van der Waals surface area contributed by atoms with Crippen molar-refractivity contribution in [3.8, 4) is 0 Å². The van der Waals surface area contributed by atoms with Gasteiger partial charge in [0, 0.05) is 12.1 Å². The minimum absolute atomic E-state index is 0.101. The standard InChI is InChI=1S/C9H8ClF2N/c10-7-3-5(11)4-8(12)9(7)13-6-1-2-6/h3-4,6,13H,1-2H2. The van der Waals surface area contributed by atoms with Crippen LogP contribution in [0, 0.1) is 11.6 Å². The van der Waals surface area contributed by atoms with Crippen molar-refractivity contribution in [2.24, 2.45) is 0 Å². The second kappa shape index (κ2) is 3.14. The number of hydrogen-bond donors (Lipinski definition) is 1. The molecule has 70 valence electrons. The fraction of sp³-hybridized carbons (Fsp3) is 0.333. The molecule has 1 nitrogen and oxygen atoms in total. The molecule has 1 aliphatic carbocycles. The van der Waals surface area contributed by atoms with Crippen LogP contribution < -0.4 is 5.32 Å². The first-order valence-corrected chi connectivity index (χ1v) is 4.45. The third-order valence-corrected chi connectivity index (χ3v) is 2.23. The van der Waals surface area contributed by atoms with Crippen molar-refractivity contribution < 1.29 is 8.78 Å². The van der Waals surface area contributed by atoms with E-state index in [4.69, 9.17) is 11.6 Å². The van der Waals surface area contributed by atoms with E-state index in [1.54, 1.807) is 0 Å². The van der Waals surface area contributed by atoms with Crippen molar-refractivity contribution >= 4 is 17.3 Å². The average Bonchev–Trinajstić information content (AvgIpc) is 2.79. The van der Waals surface area contributed by atoms with Crippen LogP contribution >= 0.6 is 11.6 Å². The number of rotatable bonds is 2. The van der Waals surface area contributed by atoms with E-state index in [2.05, 4.69) is 5.32 Å². The zero-order valence-electron chi connectivity index (χ0n) is 6.78. The topological polar surface area (TPSA) is 12.0 Å². The molecular weight excluding hydrogens is 196 g/mol. The second-order valence-corrected chi connectivity index (χ2v) is 3.57. The molecule has 0 spiro atoms. The summed E-state index contributed by atoms with van der Waals surface area (Å²) in [6, 6.07) is 2.24. The fourth-order valence-corrected chi connectivity index (χ4v) is 1.36. The van der Waals surface area contributed by atoms with E-state index in [0.717, 1.165) is 25.0 Å². The predicted molar refractivity (Wildman–Crippen MR) is 48.0 cm³/mol. The SMILES string of the molecule is Fc1cc(F)c(NC2CC2)c(Cl)c1. The van der Waals surface area contributed by atoms with Crippen LogP contribution in [0.1, 0.15) is 12.8 Å². The average molecular weight is 204 g/mol. The van der Waals surface area contributed by atoms with E-state index in [0.29, 0.717) is 6.04 Å². The van der Waals surface area contributed by atoms with Gasteiger partial charge in [0.25, 0.3) is 0 Å². The van der Waals surface area contributed by atoms with Gasteiger partial charge in [0.05, 0.1) is 10.7 Å². The van der Waals surface area contributed by atoms with Crippen LogP contribution in [0.3, 0.4) is 0 Å². The molecule has 2 rings (SSSR count). The normalized spacial score (nSPS) is 15.9. The third kappa shape index (κ3) is 1.91. The van der Waals surface area contributed by atoms with Gasteiger partial charge in [0.15, 0.2) is 5.82 Å². The molecule has 1 aromatic carbocycles. The molecule has 1 aliphatic rings. The number of benzene rings is 1. The van der Waals surface area contributed by atoms with Gasteiger partial charge in [-0.15, -0.1) is 0 Å². The Morgan fingerprint density at radius 1 is 1.31 bits per heavy atom. The summed E-state index contributed by atoms with van der Waals surface area (Å²) in [6.45, 7) is 0. The maximum atomic E-state index is 13.1. The minimum atomic E-state index is -0.649. The van der Waals surface area contributed by atoms with Gasteiger partial charge in [-0.25, -0.2) is 8.78 Å². The lowest BCUT2D eigenvalue weighted by molar-refractivity contribution is 0.585. The molecule has 0 unspecified atom stereocenters. The lowest BCUT2D eigenvalue weighted by Gasteiger charge is -2.07. The van der Waals surface area contributed by atoms with E-state index in [1.807, 2.05) is 0 Å². The molecule has 0 bridgehead atoms. The smallest absolute Gasteiger partial charge is 0.150 e. The van der Waals surface area contributed by atoms with Crippen molar-refractivity contribution in [2.45, 2.75) is 18.9 Å². The van der Waals surface area contributed by atoms with Crippen molar-refractivity contribution in [1.82, 2.24) is 0 Å². The minimum Gasteiger partial charge on any atom is -0.379 e. The van der Waals surface area contributed by atoms with Crippen molar-refractivity contribution in [2.75, 3.05) is 5.32 Å². The molecule has 0 amide bonds. The Hall–Kier alpha value is -0.830. The van der Waals surface area contributed by atoms with Gasteiger partial charge in [-0.05, 0) is 18.9 Å². The molecule has 0 heterocycles. The van der Waals surface area contributed by atoms with Crippen molar-refractivity contribution in [3.05, 3.63) is 28.8 Å². The first kappa shape index (κ1) is 8.75. The van der Waals surface area contributed by atoms with Gasteiger partial charge in [0.1, 0.15) is 5.82 Å². The highest BCUT2D eigenvalue weighted by atomic mass is 35.5. The third-order valence-electron chi connectivity index (χ3n) is 1.93. The van der Waals surface area contributed by atoms with Crippen LogP contribution in [0.25, 0.3) is 0 Å². The Labute approximate surface area is 79.7 Å². The molecule has 1 saturated carbocycles. The molecule has 0 atom stereocenters. The van der Waals surface area contributed by atoms with Crippen molar-refractivity contribution in [3.63, 3.8) is 0 Å². The molecule has 0 radical (unpaired) electrons. The van der Waals surface area contributed by atoms with Crippen LogP contribution in [-0.4, -0.2) is 6.04 Å². The van der Waals surface area contributed by atoms with E-state index < -0.39 is 11.6 Å². The molecular formula is C9H8ClF2N. The molecule has 1 fully saturated rings. The quantitative estimate of drug-likeness (QED) is 0.779. The molecule has 1 N–H and O–H groups in total. The lowest BCUT2D eigenvalue weighted by Crippen LogP contribution is -2.04. The number of hydrogen-bond acceptors (Lipinski definition) is 1. The summed E-state index contributed by atoms with van der Waals surface area (Å²) in [7, 11) is 0. The summed E-state index contributed by atoms with van der Waals surface area (Å²) >= 11 is 5.66. The highest BCUT2D eigenvalue weighted by Crippen LogP contribution is 2.31. The maximum absolute atomic E-state index is 13.1. The van der Waals surface area contributed by atoms with Crippen LogP contribution in [0.5, 0.6) is 0 Å². The van der Waals surface area contributed by atoms with Gasteiger partial charge in [-0.1, -0.05) is 11.6 Å². The Morgan fingerprint density at radius 3 is 2.54 bits per heavy atom. The predicted octanol–water partition coefficient (Wildman–Crippen LogP) is 3.19. The zero-order chi connectivity index (χ0) is 9.42. The van der Waals surface area contributed by atoms with Crippen LogP contribution in [0.4, 0.5) is 14.5 Å². The van der Waals surface area contributed by atoms with E-state index in [-0.39, 0.29) is 10.7 Å². The zero-order valence-corrected chi connectivity index (χ0v) is 7.54. The molecule has 0 aromatic heterocycles. The lowest BCUT2D eigenvalue weighted by atomic mass is 10.3. The number of anilines is 1. The maximum Gasteiger partial charge on any atom is 0.150 e. The Bertz CT molecular complexity index is 313. The summed E-state index contributed by atoms with van der Waals surface area (Å²) in [5.74, 6) is -1.28. The highest BCUT2D eigenvalue weighted by molar-refractivity contribution is 6.33. The summed E-state index contributed by atoms with van der Waals surface area (Å²) in [6.07, 6.45) is 2.04. The fourth-order valence-electron chi connectivity index (χ4n) is 1.11. The monoisotopic (exact) mass is 203 g/mol. The number of nitrogens with one attached hydrogen (secondary N) is 1. The Morgan fingerprint density at radius 2 is 2.00 bits per heavy atom. The van der Waals surface area contributed by atoms with Crippen LogP contribution in [0.2, 0.25) is 5.02 Å². The van der Waals surface area contributed by atoms with Crippen molar-refractivity contribution in [1.29, 1.82) is 0 Å². The first-order chi connectivity index (χ1) is 6.16. The summed E-state index contributed by atoms with van der Waals surface area (Å²) < 4.78 is 25.7. The van der Waals surface area contributed by atoms with Gasteiger partial charge >= 0.3 is 0 Å². The Kier molecular flexibility index (Phi) is 2.12. The van der Waals surface area contributed by atoms with Gasteiger partial charge in [-0.3, -0.25) is 0 Å².